The monoisotopic (exact) mass is 909 g/mol. The smallest absolute Gasteiger partial charge is 0.283 e. The molecule has 15 heteroatoms. The molecule has 0 saturated carbocycles. The van der Waals surface area contributed by atoms with Crippen molar-refractivity contribution in [2.45, 2.75) is 72.6 Å². The summed E-state index contributed by atoms with van der Waals surface area (Å²) in [5.41, 5.74) is 16.0. The highest BCUT2D eigenvalue weighted by Gasteiger charge is 2.49. The topological polar surface area (TPSA) is 187 Å². The first-order valence-electron chi connectivity index (χ1n) is 21.3. The molecule has 3 aromatic carbocycles. The molecule has 2 atom stereocenters. The fourth-order valence-electron chi connectivity index (χ4n) is 8.00. The number of amides is 1. The second kappa shape index (κ2) is 18.2. The lowest BCUT2D eigenvalue weighted by molar-refractivity contribution is 0.0651. The Morgan fingerprint density at radius 1 is 0.746 bits per heavy atom. The van der Waals surface area contributed by atoms with Crippen LogP contribution in [0.3, 0.4) is 0 Å². The molecule has 1 amide bonds. The van der Waals surface area contributed by atoms with E-state index in [1.807, 2.05) is 85.5 Å². The van der Waals surface area contributed by atoms with E-state index in [2.05, 4.69) is 42.6 Å². The Labute approximate surface area is 392 Å². The van der Waals surface area contributed by atoms with Crippen LogP contribution in [0.4, 0.5) is 0 Å². The average Bonchev–Trinajstić information content (AvgIpc) is 3.87. The molecule has 5 aliphatic heterocycles. The molecule has 0 bridgehead atoms. The number of methoxy groups -OCH3 is 2. The van der Waals surface area contributed by atoms with Crippen LogP contribution in [0.1, 0.15) is 94.1 Å². The lowest BCUT2D eigenvalue weighted by atomic mass is 9.80. The lowest BCUT2D eigenvalue weighted by Gasteiger charge is -2.35. The Balaban J connectivity index is 0.000000194. The highest BCUT2D eigenvalue weighted by atomic mass is 16.5. The molecule has 0 radical (unpaired) electrons. The van der Waals surface area contributed by atoms with Gasteiger partial charge in [0.25, 0.3) is 18.0 Å². The van der Waals surface area contributed by atoms with Gasteiger partial charge in [-0.25, -0.2) is 15.0 Å². The first-order valence-corrected chi connectivity index (χ1v) is 21.3. The Morgan fingerprint density at radius 3 is 2.01 bits per heavy atom. The van der Waals surface area contributed by atoms with E-state index >= 15 is 0 Å². The maximum Gasteiger partial charge on any atom is 0.283 e. The molecule has 1 fully saturated rings. The van der Waals surface area contributed by atoms with Crippen LogP contribution >= 0.6 is 0 Å². The van der Waals surface area contributed by atoms with E-state index in [1.54, 1.807) is 32.8 Å². The van der Waals surface area contributed by atoms with Crippen LogP contribution in [0.2, 0.25) is 0 Å². The van der Waals surface area contributed by atoms with Gasteiger partial charge < -0.3 is 49.5 Å². The van der Waals surface area contributed by atoms with Crippen molar-refractivity contribution in [2.24, 2.45) is 26.9 Å². The molecule has 2 spiro atoms. The average molecular weight is 910 g/mol. The molecule has 0 unspecified atom stereocenters. The lowest BCUT2D eigenvalue weighted by Crippen LogP contribution is -2.42. The summed E-state index contributed by atoms with van der Waals surface area (Å²) in [4.78, 5) is 32.9. The molecule has 1 saturated heterocycles. The standard InChI is InChI=1S/C26H24N4O4.C24H27N3O4.2CH4/c1-25(2,32-4)8-7-16-9-21-23(29-12-16)34-22-6-5-17(18-10-19(31-3)14-28-13-18)11-20(22)26(21)15-33-24(27)30-26;1-23(2,3)13-29-16-6-8-20-18(12-16)24(14-30-22(25)26-24)17-11-15(5-7-19(17)31-20)21(28)27-9-4-10-27;;/h5-6,9-14H,15H2,1-4H3,(H2,27,30);5-8,11-12H,4,9-10,13-14H2,1-3H3,(H2,25,26);2*1H4/t26-;24-;;/m00../s1. The van der Waals surface area contributed by atoms with Gasteiger partial charge in [-0.3, -0.25) is 9.78 Å². The summed E-state index contributed by atoms with van der Waals surface area (Å²) in [7, 11) is 3.24. The summed E-state index contributed by atoms with van der Waals surface area (Å²) in [6.07, 6.45) is 6.17. The van der Waals surface area contributed by atoms with E-state index in [9.17, 15) is 4.79 Å². The number of hydrogen-bond donors (Lipinski definition) is 2. The van der Waals surface area contributed by atoms with Gasteiger partial charge >= 0.3 is 0 Å². The molecule has 350 valence electrons. The van der Waals surface area contributed by atoms with Crippen LogP contribution < -0.4 is 30.4 Å². The number of carbonyl (C=O) groups excluding carboxylic acids is 1. The Morgan fingerprint density at radius 2 is 1.39 bits per heavy atom. The van der Waals surface area contributed by atoms with E-state index < -0.39 is 16.7 Å². The second-order valence-electron chi connectivity index (χ2n) is 18.1. The predicted octanol–water partition coefficient (Wildman–Crippen LogP) is 8.55. The van der Waals surface area contributed by atoms with Crippen molar-refractivity contribution in [2.75, 3.05) is 47.1 Å². The van der Waals surface area contributed by atoms with Gasteiger partial charge in [0.15, 0.2) is 11.1 Å². The highest BCUT2D eigenvalue weighted by molar-refractivity contribution is 5.95. The third-order valence-electron chi connectivity index (χ3n) is 11.8. The minimum absolute atomic E-state index is 0. The predicted molar refractivity (Wildman–Crippen MR) is 257 cm³/mol. The van der Waals surface area contributed by atoms with Gasteiger partial charge in [-0.05, 0) is 91.9 Å². The van der Waals surface area contributed by atoms with Crippen LogP contribution in [0.5, 0.6) is 34.6 Å². The molecule has 2 aromatic heterocycles. The Kier molecular flexibility index (Phi) is 12.9. The van der Waals surface area contributed by atoms with Gasteiger partial charge in [-0.15, -0.1) is 0 Å². The van der Waals surface area contributed by atoms with Crippen molar-refractivity contribution in [3.8, 4) is 57.6 Å². The molecule has 15 nitrogen and oxygen atoms in total. The number of hydrogen-bond acceptors (Lipinski definition) is 14. The maximum absolute atomic E-state index is 12.8. The molecule has 5 aliphatic rings. The number of fused-ring (bicyclic) bond motifs is 8. The molecule has 4 N–H and O–H groups in total. The van der Waals surface area contributed by atoms with E-state index in [0.717, 1.165) is 58.6 Å². The molecule has 10 rings (SSSR count). The fourth-order valence-corrected chi connectivity index (χ4v) is 8.00. The van der Waals surface area contributed by atoms with Gasteiger partial charge in [-0.1, -0.05) is 53.5 Å². The van der Waals surface area contributed by atoms with Crippen LogP contribution in [0.15, 0.2) is 95.3 Å². The van der Waals surface area contributed by atoms with E-state index in [0.29, 0.717) is 46.6 Å². The van der Waals surface area contributed by atoms with E-state index in [4.69, 9.17) is 54.6 Å². The molecular weight excluding hydrogens is 851 g/mol. The SMILES string of the molecule is C.C.CC(C)(C)COc1ccc2c(c1)[C@]1(COC(N)=N1)c1cc(C(=O)N3CCC3)ccc1O2.COc1cncc(-c2ccc3c(c2)[C@@]2(COC(N)=N2)c2cc(C#CC(C)(C)OC)cnc2O3)c1. The van der Waals surface area contributed by atoms with Gasteiger partial charge in [0, 0.05) is 66.0 Å². The number of carbonyl (C=O) groups is 1. The third kappa shape index (κ3) is 9.14. The van der Waals surface area contributed by atoms with Crippen LogP contribution in [0, 0.1) is 17.3 Å². The quantitative estimate of drug-likeness (QED) is 0.155. The number of aromatic nitrogens is 2. The summed E-state index contributed by atoms with van der Waals surface area (Å²) in [5, 5.41) is 0. The minimum Gasteiger partial charge on any atom is -0.495 e. The first-order chi connectivity index (χ1) is 31.1. The summed E-state index contributed by atoms with van der Waals surface area (Å²) in [5.74, 6) is 10.1. The van der Waals surface area contributed by atoms with Crippen LogP contribution in [-0.4, -0.2) is 85.5 Å². The van der Waals surface area contributed by atoms with Crippen molar-refractivity contribution in [1.29, 1.82) is 0 Å². The molecule has 0 aliphatic carbocycles. The summed E-state index contributed by atoms with van der Waals surface area (Å²) >= 11 is 0. The number of aliphatic imine (C=N–C) groups is 2. The van der Waals surface area contributed by atoms with Gasteiger partial charge in [-0.2, -0.15) is 0 Å². The molecular formula is C52H59N7O8. The first kappa shape index (κ1) is 47.6. The van der Waals surface area contributed by atoms with Gasteiger partial charge in [0.2, 0.25) is 5.88 Å². The zero-order valence-corrected chi connectivity index (χ0v) is 37.5. The summed E-state index contributed by atoms with van der Waals surface area (Å²) in [6, 6.07) is 21.2. The van der Waals surface area contributed by atoms with Gasteiger partial charge in [0.1, 0.15) is 47.6 Å². The Hall–Kier alpha value is -7.31. The zero-order valence-electron chi connectivity index (χ0n) is 37.5. The van der Waals surface area contributed by atoms with Crippen molar-refractivity contribution in [3.05, 3.63) is 119 Å². The van der Waals surface area contributed by atoms with Crippen molar-refractivity contribution >= 4 is 18.0 Å². The zero-order chi connectivity index (χ0) is 45.7. The number of rotatable bonds is 6. The van der Waals surface area contributed by atoms with Gasteiger partial charge in [0.05, 0.1) is 25.5 Å². The normalized spacial score (nSPS) is 19.1. The third-order valence-corrected chi connectivity index (χ3v) is 11.8. The second-order valence-corrected chi connectivity index (χ2v) is 18.1. The number of nitrogens with zero attached hydrogens (tertiary/aromatic N) is 5. The largest absolute Gasteiger partial charge is 0.495 e. The number of nitrogens with two attached hydrogens (primary N) is 2. The van der Waals surface area contributed by atoms with E-state index in [1.165, 1.54) is 0 Å². The fraction of sp³-hybridized carbons (Fsp3) is 0.365. The van der Waals surface area contributed by atoms with E-state index in [-0.39, 0.29) is 51.4 Å². The van der Waals surface area contributed by atoms with Crippen molar-refractivity contribution in [3.63, 3.8) is 0 Å². The van der Waals surface area contributed by atoms with Crippen molar-refractivity contribution in [1.82, 2.24) is 14.9 Å². The Bertz CT molecular complexity index is 2840. The molecule has 67 heavy (non-hydrogen) atoms. The molecule has 7 heterocycles. The number of likely N-dealkylation sites (tertiary alicyclic amines) is 1. The van der Waals surface area contributed by atoms with Crippen LogP contribution in [-0.2, 0) is 25.3 Å². The summed E-state index contributed by atoms with van der Waals surface area (Å²) < 4.78 is 40.4. The number of amidine groups is 2. The van der Waals surface area contributed by atoms with Crippen LogP contribution in [0.25, 0.3) is 11.1 Å². The summed E-state index contributed by atoms with van der Waals surface area (Å²) in [6.45, 7) is 12.8. The maximum atomic E-state index is 12.8. The number of benzene rings is 3. The number of ether oxygens (including phenoxy) is 7. The highest BCUT2D eigenvalue weighted by Crippen LogP contribution is 2.53. The molecule has 5 aromatic rings. The van der Waals surface area contributed by atoms with Crippen molar-refractivity contribution < 1.29 is 38.0 Å². The number of pyridine rings is 2. The minimum atomic E-state index is -0.906.